The maximum Gasteiger partial charge on any atom is 0.326 e. The van der Waals surface area contributed by atoms with E-state index in [4.69, 9.17) is 9.72 Å². The Labute approximate surface area is 233 Å². The normalized spacial score (nSPS) is 13.6. The second kappa shape index (κ2) is 16.1. The molecule has 214 valence electrons. The van der Waals surface area contributed by atoms with Gasteiger partial charge in [-0.15, -0.1) is 0 Å². The predicted molar refractivity (Wildman–Crippen MR) is 155 cm³/mol. The number of anilines is 1. The number of nitrogens with zero attached hydrogens (tertiary/aromatic N) is 2. The van der Waals surface area contributed by atoms with Crippen molar-refractivity contribution in [1.29, 1.82) is 0 Å². The number of carbonyl (C=O) groups is 2. The number of pyridine rings is 1. The summed E-state index contributed by atoms with van der Waals surface area (Å²) in [7, 11) is 1.65. The number of amides is 1. The lowest BCUT2D eigenvalue weighted by molar-refractivity contribution is -0.142. The van der Waals surface area contributed by atoms with Crippen LogP contribution in [0.1, 0.15) is 75.6 Å². The molecule has 0 aliphatic carbocycles. The van der Waals surface area contributed by atoms with Crippen LogP contribution in [0.5, 0.6) is 5.75 Å². The molecule has 1 unspecified atom stereocenters. The van der Waals surface area contributed by atoms with Gasteiger partial charge in [0.1, 0.15) is 17.6 Å². The molecule has 0 radical (unpaired) electrons. The minimum Gasteiger partial charge on any atom is -0.497 e. The SMILES string of the molecule is CCC(CC)CC(=O)NC(CCN(CCCCc1ccc2c(n1)NCCC2)Cc1ccc(OC)cc1)C(=O)O. The Morgan fingerprint density at radius 2 is 1.87 bits per heavy atom. The summed E-state index contributed by atoms with van der Waals surface area (Å²) in [5.41, 5.74) is 3.55. The number of hydrogen-bond acceptors (Lipinski definition) is 6. The number of methoxy groups -OCH3 is 1. The van der Waals surface area contributed by atoms with Crippen molar-refractivity contribution in [2.45, 2.75) is 84.2 Å². The number of ether oxygens (including phenoxy) is 1. The smallest absolute Gasteiger partial charge is 0.326 e. The number of carbonyl (C=O) groups excluding carboxylic acids is 1. The highest BCUT2D eigenvalue weighted by Gasteiger charge is 2.22. The third-order valence-corrected chi connectivity index (χ3v) is 7.67. The van der Waals surface area contributed by atoms with Gasteiger partial charge in [0.15, 0.2) is 0 Å². The summed E-state index contributed by atoms with van der Waals surface area (Å²) < 4.78 is 5.29. The van der Waals surface area contributed by atoms with Crippen molar-refractivity contribution in [2.75, 3.05) is 32.1 Å². The van der Waals surface area contributed by atoms with Crippen LogP contribution in [0.25, 0.3) is 0 Å². The Morgan fingerprint density at radius 1 is 1.10 bits per heavy atom. The van der Waals surface area contributed by atoms with Crippen molar-refractivity contribution in [2.24, 2.45) is 5.92 Å². The van der Waals surface area contributed by atoms with E-state index in [-0.39, 0.29) is 11.8 Å². The molecule has 0 saturated heterocycles. The Balaban J connectivity index is 1.56. The standard InChI is InChI=1S/C31H46N4O4/c1-4-23(5-2)21-29(36)34-28(31(37)38)17-20-35(22-24-11-15-27(39-3)16-12-24)19-7-6-10-26-14-13-25-9-8-18-32-30(25)33-26/h11-16,23,28H,4-10,17-22H2,1-3H3,(H,32,33)(H,34,36)(H,37,38). The van der Waals surface area contributed by atoms with Gasteiger partial charge in [0.2, 0.25) is 5.91 Å². The minimum atomic E-state index is -0.982. The Bertz CT molecular complexity index is 1040. The molecule has 8 heteroatoms. The minimum absolute atomic E-state index is 0.176. The van der Waals surface area contributed by atoms with Gasteiger partial charge in [-0.3, -0.25) is 9.69 Å². The van der Waals surface area contributed by atoms with Gasteiger partial charge >= 0.3 is 5.97 Å². The maximum absolute atomic E-state index is 12.5. The van der Waals surface area contributed by atoms with E-state index >= 15 is 0 Å². The van der Waals surface area contributed by atoms with Crippen molar-refractivity contribution in [3.8, 4) is 5.75 Å². The number of aliphatic carboxylic acids is 1. The largest absolute Gasteiger partial charge is 0.497 e. The summed E-state index contributed by atoms with van der Waals surface area (Å²) in [5.74, 6) is 0.968. The number of carboxylic acids is 1. The summed E-state index contributed by atoms with van der Waals surface area (Å²) in [5, 5.41) is 16.0. The number of hydrogen-bond donors (Lipinski definition) is 3. The Hall–Kier alpha value is -3.13. The van der Waals surface area contributed by atoms with E-state index in [0.717, 1.165) is 80.9 Å². The van der Waals surface area contributed by atoms with E-state index in [2.05, 4.69) is 41.5 Å². The van der Waals surface area contributed by atoms with Gasteiger partial charge in [-0.25, -0.2) is 9.78 Å². The van der Waals surface area contributed by atoms with E-state index in [1.165, 1.54) is 5.56 Å². The van der Waals surface area contributed by atoms with Crippen LogP contribution in [0.15, 0.2) is 36.4 Å². The molecule has 0 fully saturated rings. The van der Waals surface area contributed by atoms with Crippen LogP contribution in [-0.4, -0.2) is 59.7 Å². The van der Waals surface area contributed by atoms with Gasteiger partial charge in [-0.05, 0) is 80.3 Å². The highest BCUT2D eigenvalue weighted by Crippen LogP contribution is 2.21. The third-order valence-electron chi connectivity index (χ3n) is 7.67. The number of carboxylic acid groups (broad SMARTS) is 1. The van der Waals surface area contributed by atoms with Crippen molar-refractivity contribution in [1.82, 2.24) is 15.2 Å². The molecule has 0 spiro atoms. The molecule has 1 amide bonds. The molecule has 39 heavy (non-hydrogen) atoms. The molecule has 0 bridgehead atoms. The quantitative estimate of drug-likeness (QED) is 0.242. The summed E-state index contributed by atoms with van der Waals surface area (Å²) in [6.45, 7) is 7.23. The first kappa shape index (κ1) is 30.4. The fourth-order valence-electron chi connectivity index (χ4n) is 5.07. The molecular formula is C31H46N4O4. The first-order valence-electron chi connectivity index (χ1n) is 14.5. The molecule has 3 N–H and O–H groups in total. The van der Waals surface area contributed by atoms with Crippen LogP contribution in [0, 0.1) is 5.92 Å². The maximum atomic E-state index is 12.5. The Morgan fingerprint density at radius 3 is 2.56 bits per heavy atom. The van der Waals surface area contributed by atoms with Crippen molar-refractivity contribution >= 4 is 17.7 Å². The first-order valence-corrected chi connectivity index (χ1v) is 14.5. The van der Waals surface area contributed by atoms with Crippen LogP contribution in [-0.2, 0) is 29.0 Å². The zero-order valence-corrected chi connectivity index (χ0v) is 23.9. The number of rotatable bonds is 17. The zero-order valence-electron chi connectivity index (χ0n) is 23.9. The van der Waals surface area contributed by atoms with E-state index in [9.17, 15) is 14.7 Å². The first-order chi connectivity index (χ1) is 18.9. The van der Waals surface area contributed by atoms with Gasteiger partial charge in [-0.2, -0.15) is 0 Å². The van der Waals surface area contributed by atoms with Gasteiger partial charge in [0.25, 0.3) is 0 Å². The van der Waals surface area contributed by atoms with Crippen LogP contribution >= 0.6 is 0 Å². The van der Waals surface area contributed by atoms with Gasteiger partial charge in [0.05, 0.1) is 7.11 Å². The molecular weight excluding hydrogens is 492 g/mol. The molecule has 1 atom stereocenters. The van der Waals surface area contributed by atoms with Crippen LogP contribution < -0.4 is 15.4 Å². The molecule has 2 heterocycles. The highest BCUT2D eigenvalue weighted by molar-refractivity contribution is 5.83. The number of benzene rings is 1. The molecule has 1 aromatic carbocycles. The average Bonchev–Trinajstić information content (AvgIpc) is 2.96. The highest BCUT2D eigenvalue weighted by atomic mass is 16.5. The number of nitrogens with one attached hydrogen (secondary N) is 2. The lowest BCUT2D eigenvalue weighted by Gasteiger charge is -2.25. The van der Waals surface area contributed by atoms with Crippen LogP contribution in [0.4, 0.5) is 5.82 Å². The van der Waals surface area contributed by atoms with Gasteiger partial charge in [-0.1, -0.05) is 44.9 Å². The molecule has 8 nitrogen and oxygen atoms in total. The van der Waals surface area contributed by atoms with E-state index in [1.54, 1.807) is 7.11 Å². The van der Waals surface area contributed by atoms with E-state index in [1.807, 2.05) is 24.3 Å². The summed E-state index contributed by atoms with van der Waals surface area (Å²) in [6.07, 6.45) is 7.68. The van der Waals surface area contributed by atoms with E-state index < -0.39 is 12.0 Å². The summed E-state index contributed by atoms with van der Waals surface area (Å²) in [4.78, 5) is 31.6. The van der Waals surface area contributed by atoms with Crippen molar-refractivity contribution < 1.29 is 19.4 Å². The topological polar surface area (TPSA) is 104 Å². The van der Waals surface area contributed by atoms with Crippen LogP contribution in [0.3, 0.4) is 0 Å². The molecule has 2 aromatic rings. The monoisotopic (exact) mass is 538 g/mol. The lowest BCUT2D eigenvalue weighted by atomic mass is 9.99. The van der Waals surface area contributed by atoms with E-state index in [0.29, 0.717) is 25.9 Å². The summed E-state index contributed by atoms with van der Waals surface area (Å²) in [6, 6.07) is 11.4. The molecule has 3 rings (SSSR count). The Kier molecular flexibility index (Phi) is 12.5. The molecule has 1 aromatic heterocycles. The molecule has 0 saturated carbocycles. The van der Waals surface area contributed by atoms with Crippen molar-refractivity contribution in [3.05, 3.63) is 53.2 Å². The number of fused-ring (bicyclic) bond motifs is 1. The van der Waals surface area contributed by atoms with Gasteiger partial charge in [0, 0.05) is 31.7 Å². The third kappa shape index (κ3) is 10.2. The van der Waals surface area contributed by atoms with Gasteiger partial charge < -0.3 is 20.5 Å². The molecule has 1 aliphatic heterocycles. The predicted octanol–water partition coefficient (Wildman–Crippen LogP) is 5.06. The second-order valence-corrected chi connectivity index (χ2v) is 10.6. The number of aryl methyl sites for hydroxylation is 2. The number of unbranched alkanes of at least 4 members (excludes halogenated alkanes) is 1. The fourth-order valence-corrected chi connectivity index (χ4v) is 5.07. The lowest BCUT2D eigenvalue weighted by Crippen LogP contribution is -2.43. The number of aromatic nitrogens is 1. The second-order valence-electron chi connectivity index (χ2n) is 10.6. The van der Waals surface area contributed by atoms with Crippen LogP contribution in [0.2, 0.25) is 0 Å². The summed E-state index contributed by atoms with van der Waals surface area (Å²) >= 11 is 0. The zero-order chi connectivity index (χ0) is 28.0. The molecule has 1 aliphatic rings. The average molecular weight is 539 g/mol. The fraction of sp³-hybridized carbons (Fsp3) is 0.581. The van der Waals surface area contributed by atoms with Crippen molar-refractivity contribution in [3.63, 3.8) is 0 Å².